The zero-order valence-corrected chi connectivity index (χ0v) is 33.6. The average molecular weight is 799 g/mol. The molecule has 300 valence electrons. The molecule has 14 nitrogen and oxygen atoms in total. The number of aromatic hydroxyl groups is 2. The topological polar surface area (TPSA) is 172 Å². The molecule has 0 radical (unpaired) electrons. The molecule has 4 bridgehead atoms. The molecule has 0 aromatic heterocycles. The molecule has 15 heteroatoms. The predicted octanol–water partition coefficient (Wildman–Crippen LogP) is 4.77. The first-order valence-electron chi connectivity index (χ1n) is 19.4. The van der Waals surface area contributed by atoms with E-state index < -0.39 is 46.9 Å². The molecular formula is C42H46N4O10S. The van der Waals surface area contributed by atoms with Gasteiger partial charge >= 0.3 is 11.9 Å². The molecule has 10 rings (SSSR count). The number of ether oxygens (including phenoxy) is 6. The standard InChI is InChI=1S/C42H46N4O10S/c1-7-8-29(48)56-37-20(3)38-39(55-18-54-38)31-26-16-53-41(50)42(23-14-28(51-5)27(47)13-21(23)9-10-44-42)17-57-40(32(31)37)34-33-30-22(11-19(2)36(52-6)35(30)49)12-24(45(33)4)25(15-43)46(26)34/h11,13-14,24-26,33-34,40,44,47,49H,7-10,12,16-18H2,1-6H3/t24-,25-,26+,33+,34?,40+,42+/m0/s1. The second-order valence-corrected chi connectivity index (χ2v) is 16.9. The van der Waals surface area contributed by atoms with Gasteiger partial charge in [-0.15, -0.1) is 11.8 Å². The number of benzene rings is 3. The van der Waals surface area contributed by atoms with E-state index in [0.29, 0.717) is 76.6 Å². The SMILES string of the molecule is CCCC(=O)Oc1c(C)c2c(c3c1[C@H]1SC[C@]4(NCCc5cc(O)c(OC)cc54)C(=O)OC[C@H]3N3C1[C@H]1c4c(cc(C)c(OC)c4O)C[C@@H]([C@@H]3C#N)N1C)OCO2. The van der Waals surface area contributed by atoms with Gasteiger partial charge in [0.2, 0.25) is 6.79 Å². The van der Waals surface area contributed by atoms with Crippen molar-refractivity contribution >= 4 is 23.7 Å². The van der Waals surface area contributed by atoms with Crippen LogP contribution in [-0.2, 0) is 32.7 Å². The van der Waals surface area contributed by atoms with Crippen molar-refractivity contribution < 1.29 is 48.2 Å². The normalized spacial score (nSPS) is 28.3. The minimum atomic E-state index is -1.36. The number of nitrogens with one attached hydrogen (secondary N) is 1. The van der Waals surface area contributed by atoms with Gasteiger partial charge in [0.05, 0.1) is 37.6 Å². The first-order valence-corrected chi connectivity index (χ1v) is 20.4. The summed E-state index contributed by atoms with van der Waals surface area (Å²) in [5.74, 6) is 1.16. The van der Waals surface area contributed by atoms with Gasteiger partial charge in [0.25, 0.3) is 0 Å². The summed E-state index contributed by atoms with van der Waals surface area (Å²) in [6, 6.07) is 5.31. The van der Waals surface area contributed by atoms with Gasteiger partial charge in [0.15, 0.2) is 40.0 Å². The van der Waals surface area contributed by atoms with E-state index in [0.717, 1.165) is 16.7 Å². The number of piperazine rings is 1. The quantitative estimate of drug-likeness (QED) is 0.238. The molecule has 0 saturated carbocycles. The van der Waals surface area contributed by atoms with E-state index in [9.17, 15) is 25.1 Å². The summed E-state index contributed by atoms with van der Waals surface area (Å²) in [7, 11) is 5.01. The van der Waals surface area contributed by atoms with Gasteiger partial charge in [0, 0.05) is 53.1 Å². The van der Waals surface area contributed by atoms with Crippen LogP contribution >= 0.6 is 11.8 Å². The minimum absolute atomic E-state index is 0.0216. The molecule has 7 aliphatic rings. The number of phenolic OH excluding ortho intramolecular Hbond substituents is 2. The van der Waals surface area contributed by atoms with Crippen molar-refractivity contribution in [3.8, 4) is 46.3 Å². The highest BCUT2D eigenvalue weighted by Gasteiger charge is 2.62. The van der Waals surface area contributed by atoms with E-state index in [2.05, 4.69) is 21.2 Å². The molecule has 3 N–H and O–H groups in total. The van der Waals surface area contributed by atoms with E-state index in [1.165, 1.54) is 18.9 Å². The fourth-order valence-corrected chi connectivity index (χ4v) is 12.1. The van der Waals surface area contributed by atoms with Crippen molar-refractivity contribution in [1.82, 2.24) is 15.1 Å². The molecule has 57 heavy (non-hydrogen) atoms. The zero-order chi connectivity index (χ0) is 40.1. The van der Waals surface area contributed by atoms with Crippen LogP contribution in [0, 0.1) is 25.2 Å². The van der Waals surface area contributed by atoms with Crippen molar-refractivity contribution in [3.63, 3.8) is 0 Å². The number of carbonyl (C=O) groups is 2. The smallest absolute Gasteiger partial charge is 0.331 e. The van der Waals surface area contributed by atoms with E-state index in [-0.39, 0.29) is 48.9 Å². The molecule has 7 aliphatic heterocycles. The van der Waals surface area contributed by atoms with E-state index in [1.54, 1.807) is 19.2 Å². The summed E-state index contributed by atoms with van der Waals surface area (Å²) in [6.45, 7) is 5.88. The Bertz CT molecular complexity index is 2260. The number of hydrogen-bond acceptors (Lipinski definition) is 15. The average Bonchev–Trinajstić information content (AvgIpc) is 3.68. The summed E-state index contributed by atoms with van der Waals surface area (Å²) >= 11 is 1.49. The Hall–Kier alpha value is -4.88. The molecule has 7 heterocycles. The lowest BCUT2D eigenvalue weighted by Crippen LogP contribution is -2.69. The van der Waals surface area contributed by atoms with Crippen molar-refractivity contribution in [3.05, 3.63) is 62.7 Å². The third-order valence-corrected chi connectivity index (χ3v) is 14.3. The van der Waals surface area contributed by atoms with E-state index in [1.807, 2.05) is 33.9 Å². The first kappa shape index (κ1) is 37.7. The van der Waals surface area contributed by atoms with Gasteiger partial charge in [-0.1, -0.05) is 13.0 Å². The largest absolute Gasteiger partial charge is 0.504 e. The van der Waals surface area contributed by atoms with Crippen LogP contribution in [0.1, 0.15) is 81.6 Å². The predicted molar refractivity (Wildman–Crippen MR) is 207 cm³/mol. The number of nitriles is 1. The van der Waals surface area contributed by atoms with Crippen LogP contribution in [-0.4, -0.2) is 97.0 Å². The maximum absolute atomic E-state index is 14.8. The number of methoxy groups -OCH3 is 2. The third-order valence-electron chi connectivity index (χ3n) is 12.9. The Kier molecular flexibility index (Phi) is 9.19. The number of carbonyl (C=O) groups excluding carboxylic acids is 2. The third kappa shape index (κ3) is 5.33. The van der Waals surface area contributed by atoms with Crippen molar-refractivity contribution in [2.45, 2.75) is 87.5 Å². The molecule has 3 aromatic rings. The molecular weight excluding hydrogens is 753 g/mol. The Morgan fingerprint density at radius 3 is 2.60 bits per heavy atom. The Morgan fingerprint density at radius 2 is 1.86 bits per heavy atom. The molecule has 2 saturated heterocycles. The number of phenols is 2. The number of likely N-dealkylation sites (N-methyl/N-ethyl adjacent to an activating group) is 1. The maximum Gasteiger partial charge on any atom is 0.331 e. The monoisotopic (exact) mass is 798 g/mol. The van der Waals surface area contributed by atoms with Crippen LogP contribution in [0.15, 0.2) is 18.2 Å². The van der Waals surface area contributed by atoms with Crippen molar-refractivity contribution in [1.29, 1.82) is 5.26 Å². The fourth-order valence-electron chi connectivity index (χ4n) is 10.4. The van der Waals surface area contributed by atoms with Crippen LogP contribution in [0.3, 0.4) is 0 Å². The number of fused-ring (bicyclic) bond motifs is 9. The highest BCUT2D eigenvalue weighted by atomic mass is 32.2. The van der Waals surface area contributed by atoms with Crippen molar-refractivity contribution in [2.75, 3.05) is 47.0 Å². The number of thioether (sulfide) groups is 1. The Balaban J connectivity index is 1.33. The summed E-state index contributed by atoms with van der Waals surface area (Å²) in [5.41, 5.74) is 4.48. The molecule has 2 fully saturated rings. The van der Waals surface area contributed by atoms with E-state index >= 15 is 0 Å². The fraction of sp³-hybridized carbons (Fsp3) is 0.500. The lowest BCUT2D eigenvalue weighted by atomic mass is 9.71. The number of nitrogens with zero attached hydrogens (tertiary/aromatic N) is 3. The summed E-state index contributed by atoms with van der Waals surface area (Å²) < 4.78 is 36.5. The number of hydrogen-bond donors (Lipinski definition) is 3. The van der Waals surface area contributed by atoms with Crippen LogP contribution in [0.25, 0.3) is 0 Å². The second kappa shape index (κ2) is 13.9. The Morgan fingerprint density at radius 1 is 1.07 bits per heavy atom. The summed E-state index contributed by atoms with van der Waals surface area (Å²) in [6.07, 6.45) is 1.83. The first-order chi connectivity index (χ1) is 27.5. The second-order valence-electron chi connectivity index (χ2n) is 15.7. The highest BCUT2D eigenvalue weighted by Crippen LogP contribution is 2.64. The Labute approximate surface area is 334 Å². The van der Waals surface area contributed by atoms with Gasteiger partial charge in [-0.3, -0.25) is 19.9 Å². The van der Waals surface area contributed by atoms with Gasteiger partial charge in [-0.25, -0.2) is 4.79 Å². The maximum atomic E-state index is 14.8. The van der Waals surface area contributed by atoms with Crippen LogP contribution in [0.5, 0.6) is 40.2 Å². The molecule has 7 atom stereocenters. The van der Waals surface area contributed by atoms with Crippen molar-refractivity contribution in [2.24, 2.45) is 0 Å². The molecule has 0 aliphatic carbocycles. The van der Waals surface area contributed by atoms with Gasteiger partial charge in [-0.2, -0.15) is 5.26 Å². The van der Waals surface area contributed by atoms with Crippen LogP contribution in [0.4, 0.5) is 0 Å². The zero-order valence-electron chi connectivity index (χ0n) is 32.8. The highest BCUT2D eigenvalue weighted by molar-refractivity contribution is 7.99. The summed E-state index contributed by atoms with van der Waals surface area (Å²) in [4.78, 5) is 32.7. The lowest BCUT2D eigenvalue weighted by molar-refractivity contribution is -0.157. The molecule has 3 aromatic carbocycles. The lowest BCUT2D eigenvalue weighted by Gasteiger charge is -2.62. The van der Waals surface area contributed by atoms with Gasteiger partial charge in [-0.05, 0) is 74.5 Å². The van der Waals surface area contributed by atoms with Crippen LogP contribution < -0.4 is 29.0 Å². The van der Waals surface area contributed by atoms with Crippen LogP contribution in [0.2, 0.25) is 0 Å². The van der Waals surface area contributed by atoms with Gasteiger partial charge < -0.3 is 38.6 Å². The molecule has 0 amide bonds. The molecule has 1 unspecified atom stereocenters. The minimum Gasteiger partial charge on any atom is -0.504 e. The summed E-state index contributed by atoms with van der Waals surface area (Å²) in [5, 5.41) is 37.0. The number of esters is 2. The van der Waals surface area contributed by atoms with Gasteiger partial charge in [0.1, 0.15) is 18.4 Å². The van der Waals surface area contributed by atoms with E-state index in [4.69, 9.17) is 28.4 Å². The number of rotatable bonds is 5. The molecule has 1 spiro atoms. The number of aryl methyl sites for hydroxylation is 1.